The molecule has 0 amide bonds. The average Bonchev–Trinajstić information content (AvgIpc) is 3.22. The molecule has 1 spiro atoms. The zero-order valence-corrected chi connectivity index (χ0v) is 29.4. The molecule has 1 unspecified atom stereocenters. The van der Waals surface area contributed by atoms with Crippen molar-refractivity contribution in [3.8, 4) is 16.9 Å². The SMILES string of the molecule is CC1(C)CC(C)(C)CC2(C1)c1ccccc1-c1c3c(c4c(c12)C=CC(c1ccccc1)(c1ccc(N2CCOCC2)cc1)O4)CC=CC=C3. The van der Waals surface area contributed by atoms with Crippen LogP contribution in [0.2, 0.25) is 0 Å². The molecule has 0 bridgehead atoms. The van der Waals surface area contributed by atoms with Gasteiger partial charge in [-0.1, -0.05) is 125 Å². The lowest BCUT2D eigenvalue weighted by atomic mass is 9.52. The lowest BCUT2D eigenvalue weighted by Gasteiger charge is -2.52. The van der Waals surface area contributed by atoms with Crippen LogP contribution in [-0.2, 0) is 22.2 Å². The van der Waals surface area contributed by atoms with Gasteiger partial charge in [-0.25, -0.2) is 0 Å². The Morgan fingerprint density at radius 2 is 1.37 bits per heavy atom. The van der Waals surface area contributed by atoms with Crippen molar-refractivity contribution in [3.05, 3.63) is 142 Å². The Morgan fingerprint density at radius 1 is 0.673 bits per heavy atom. The molecular formula is C46H47NO2. The minimum atomic E-state index is -0.761. The molecule has 9 rings (SSSR count). The molecule has 248 valence electrons. The maximum atomic E-state index is 7.70. The standard InChI is InChI=1S/C46H47NO2/c1-43(2)29-44(3,4)31-45(30-43)39-18-12-11-17-37(39)40-35-15-9-6-10-16-36(35)42-38(41(40)45)23-24-46(49-42,32-13-7-5-8-14-32)33-19-21-34(22-20-33)47-25-27-48-28-26-47/h5-15,17-24H,16,25-31H2,1-4H3. The summed E-state index contributed by atoms with van der Waals surface area (Å²) >= 11 is 0. The summed E-state index contributed by atoms with van der Waals surface area (Å²) in [5, 5.41) is 0. The van der Waals surface area contributed by atoms with Crippen molar-refractivity contribution >= 4 is 17.8 Å². The Bertz CT molecular complexity index is 2010. The van der Waals surface area contributed by atoms with E-state index in [-0.39, 0.29) is 16.2 Å². The first-order chi connectivity index (χ1) is 23.7. The zero-order valence-electron chi connectivity index (χ0n) is 29.4. The molecule has 2 heterocycles. The largest absolute Gasteiger partial charge is 0.473 e. The van der Waals surface area contributed by atoms with Crippen LogP contribution in [0.5, 0.6) is 5.75 Å². The smallest absolute Gasteiger partial charge is 0.178 e. The van der Waals surface area contributed by atoms with Crippen molar-refractivity contribution in [3.63, 3.8) is 0 Å². The fourth-order valence-corrected chi connectivity index (χ4v) is 10.7. The second-order valence-corrected chi connectivity index (χ2v) is 16.5. The van der Waals surface area contributed by atoms with Crippen LogP contribution < -0.4 is 9.64 Å². The highest BCUT2D eigenvalue weighted by Gasteiger charge is 2.55. The maximum Gasteiger partial charge on any atom is 0.178 e. The summed E-state index contributed by atoms with van der Waals surface area (Å²) in [6.45, 7) is 13.3. The Labute approximate surface area is 292 Å². The van der Waals surface area contributed by atoms with Crippen LogP contribution in [-0.4, -0.2) is 26.3 Å². The fourth-order valence-electron chi connectivity index (χ4n) is 10.7. The van der Waals surface area contributed by atoms with Crippen LogP contribution >= 0.6 is 0 Å². The lowest BCUT2D eigenvalue weighted by molar-refractivity contribution is 0.0641. The Balaban J connectivity index is 1.29. The van der Waals surface area contributed by atoms with E-state index < -0.39 is 5.60 Å². The van der Waals surface area contributed by atoms with Gasteiger partial charge in [-0.15, -0.1) is 0 Å². The number of anilines is 1. The maximum absolute atomic E-state index is 7.70. The highest BCUT2D eigenvalue weighted by atomic mass is 16.5. The van der Waals surface area contributed by atoms with E-state index in [1.54, 1.807) is 0 Å². The van der Waals surface area contributed by atoms with Gasteiger partial charge in [0.05, 0.1) is 13.2 Å². The molecule has 4 aromatic rings. The second-order valence-electron chi connectivity index (χ2n) is 16.5. The molecule has 0 radical (unpaired) electrons. The van der Waals surface area contributed by atoms with Crippen LogP contribution in [0.4, 0.5) is 5.69 Å². The first-order valence-corrected chi connectivity index (χ1v) is 18.2. The van der Waals surface area contributed by atoms with Crippen molar-refractivity contribution in [1.29, 1.82) is 0 Å². The van der Waals surface area contributed by atoms with Gasteiger partial charge in [0, 0.05) is 46.4 Å². The summed E-state index contributed by atoms with van der Waals surface area (Å²) in [5.74, 6) is 1.04. The second kappa shape index (κ2) is 11.1. The molecule has 2 fully saturated rings. The van der Waals surface area contributed by atoms with Gasteiger partial charge in [0.2, 0.25) is 0 Å². The highest BCUT2D eigenvalue weighted by Crippen LogP contribution is 2.66. The summed E-state index contributed by atoms with van der Waals surface area (Å²) in [5.41, 5.74) is 12.8. The first-order valence-electron chi connectivity index (χ1n) is 18.2. The van der Waals surface area contributed by atoms with Crippen LogP contribution in [0, 0.1) is 10.8 Å². The number of hydrogen-bond acceptors (Lipinski definition) is 3. The third-order valence-electron chi connectivity index (χ3n) is 11.8. The van der Waals surface area contributed by atoms with E-state index >= 15 is 0 Å². The van der Waals surface area contributed by atoms with Crippen molar-refractivity contribution in [2.75, 3.05) is 31.2 Å². The predicted molar refractivity (Wildman–Crippen MR) is 202 cm³/mol. The van der Waals surface area contributed by atoms with E-state index in [2.05, 4.69) is 148 Å². The monoisotopic (exact) mass is 645 g/mol. The third-order valence-corrected chi connectivity index (χ3v) is 11.8. The molecule has 0 aromatic heterocycles. The van der Waals surface area contributed by atoms with E-state index in [9.17, 15) is 0 Å². The van der Waals surface area contributed by atoms with Crippen LogP contribution in [0.1, 0.15) is 85.9 Å². The van der Waals surface area contributed by atoms with Gasteiger partial charge in [0.15, 0.2) is 5.60 Å². The van der Waals surface area contributed by atoms with Gasteiger partial charge >= 0.3 is 0 Å². The van der Waals surface area contributed by atoms with Crippen molar-refractivity contribution in [1.82, 2.24) is 0 Å². The van der Waals surface area contributed by atoms with Crippen molar-refractivity contribution in [2.45, 2.75) is 64.4 Å². The molecule has 3 heteroatoms. The molecule has 49 heavy (non-hydrogen) atoms. The Hall–Kier alpha value is -4.34. The highest BCUT2D eigenvalue weighted by molar-refractivity contribution is 5.95. The lowest BCUT2D eigenvalue weighted by Crippen LogP contribution is -2.44. The van der Waals surface area contributed by atoms with Gasteiger partial charge < -0.3 is 14.4 Å². The minimum absolute atomic E-state index is 0.0931. The molecule has 2 aliphatic heterocycles. The average molecular weight is 646 g/mol. The Kier molecular flexibility index (Phi) is 6.95. The van der Waals surface area contributed by atoms with Gasteiger partial charge in [-0.3, -0.25) is 0 Å². The minimum Gasteiger partial charge on any atom is -0.473 e. The van der Waals surface area contributed by atoms with Gasteiger partial charge in [-0.2, -0.15) is 0 Å². The number of ether oxygens (including phenoxy) is 2. The number of nitrogens with zero attached hydrogens (tertiary/aromatic N) is 1. The number of fused-ring (bicyclic) bond motifs is 10. The topological polar surface area (TPSA) is 21.7 Å². The quantitative estimate of drug-likeness (QED) is 0.221. The van der Waals surface area contributed by atoms with E-state index in [1.165, 1.54) is 51.1 Å². The summed E-state index contributed by atoms with van der Waals surface area (Å²) in [6.07, 6.45) is 18.2. The van der Waals surface area contributed by atoms with Crippen LogP contribution in [0.25, 0.3) is 23.3 Å². The number of benzene rings is 4. The first kappa shape index (κ1) is 30.7. The van der Waals surface area contributed by atoms with Gasteiger partial charge in [-0.05, 0) is 82.5 Å². The van der Waals surface area contributed by atoms with E-state index in [0.29, 0.717) is 0 Å². The molecular weight excluding hydrogens is 599 g/mol. The molecule has 4 aromatic carbocycles. The predicted octanol–water partition coefficient (Wildman–Crippen LogP) is 10.5. The number of allylic oxidation sites excluding steroid dienone is 3. The zero-order chi connectivity index (χ0) is 33.4. The van der Waals surface area contributed by atoms with E-state index in [1.807, 2.05) is 0 Å². The van der Waals surface area contributed by atoms with Crippen LogP contribution in [0.3, 0.4) is 0 Å². The van der Waals surface area contributed by atoms with E-state index in [4.69, 9.17) is 9.47 Å². The summed E-state index contributed by atoms with van der Waals surface area (Å²) in [4.78, 5) is 2.42. The number of morpholine rings is 1. The normalized spacial score (nSPS) is 23.6. The molecule has 1 saturated heterocycles. The molecule has 1 saturated carbocycles. The van der Waals surface area contributed by atoms with Crippen LogP contribution in [0.15, 0.2) is 103 Å². The third kappa shape index (κ3) is 4.80. The molecule has 3 nitrogen and oxygen atoms in total. The van der Waals surface area contributed by atoms with Gasteiger partial charge in [0.25, 0.3) is 0 Å². The Morgan fingerprint density at radius 3 is 2.12 bits per heavy atom. The number of hydrogen-bond donors (Lipinski definition) is 0. The van der Waals surface area contributed by atoms with Crippen molar-refractivity contribution < 1.29 is 9.47 Å². The molecule has 3 aliphatic carbocycles. The number of rotatable bonds is 3. The summed E-state index contributed by atoms with van der Waals surface area (Å²) in [7, 11) is 0. The fraction of sp³-hybridized carbons (Fsp3) is 0.348. The molecule has 0 N–H and O–H groups in total. The van der Waals surface area contributed by atoms with Gasteiger partial charge in [0.1, 0.15) is 5.75 Å². The van der Waals surface area contributed by atoms with E-state index in [0.717, 1.165) is 62.4 Å². The molecule has 5 aliphatic rings. The summed E-state index contributed by atoms with van der Waals surface area (Å²) < 4.78 is 13.3. The molecule has 1 atom stereocenters. The summed E-state index contributed by atoms with van der Waals surface area (Å²) in [6, 6.07) is 29.2. The van der Waals surface area contributed by atoms with Crippen molar-refractivity contribution in [2.24, 2.45) is 10.8 Å².